The van der Waals surface area contributed by atoms with Crippen LogP contribution in [0.1, 0.15) is 22.4 Å². The molecule has 1 aromatic carbocycles. The smallest absolute Gasteiger partial charge is 0.257 e. The molecule has 2 heterocycles. The zero-order valence-electron chi connectivity index (χ0n) is 11.8. The minimum absolute atomic E-state index is 0.160. The Balaban J connectivity index is 1.84. The van der Waals surface area contributed by atoms with Crippen LogP contribution in [0.15, 0.2) is 23.0 Å². The first kappa shape index (κ1) is 13.8. The Labute approximate surface area is 121 Å². The van der Waals surface area contributed by atoms with Crippen LogP contribution < -0.4 is 11.3 Å². The third-order valence-corrected chi connectivity index (χ3v) is 3.94. The van der Waals surface area contributed by atoms with Crippen molar-refractivity contribution in [1.82, 2.24) is 14.9 Å². The van der Waals surface area contributed by atoms with Crippen LogP contribution in [0.4, 0.5) is 10.3 Å². The SMILES string of the molecule is Cc1c(F)cccc1CN1CCc2nc(N)[nH]c(=O)c2C1. The molecule has 3 N–H and O–H groups in total. The van der Waals surface area contributed by atoms with E-state index in [0.717, 1.165) is 17.8 Å². The zero-order chi connectivity index (χ0) is 15.0. The van der Waals surface area contributed by atoms with E-state index in [0.29, 0.717) is 30.6 Å². The number of fused-ring (bicyclic) bond motifs is 1. The van der Waals surface area contributed by atoms with Gasteiger partial charge in [0.25, 0.3) is 5.56 Å². The van der Waals surface area contributed by atoms with E-state index in [2.05, 4.69) is 14.9 Å². The van der Waals surface area contributed by atoms with Gasteiger partial charge in [-0.15, -0.1) is 0 Å². The van der Waals surface area contributed by atoms with E-state index in [9.17, 15) is 9.18 Å². The number of nitrogens with one attached hydrogen (secondary N) is 1. The zero-order valence-corrected chi connectivity index (χ0v) is 11.8. The summed E-state index contributed by atoms with van der Waals surface area (Å²) in [6.07, 6.45) is 0.678. The summed E-state index contributed by atoms with van der Waals surface area (Å²) in [7, 11) is 0. The normalized spacial score (nSPS) is 15.0. The van der Waals surface area contributed by atoms with Gasteiger partial charge in [-0.2, -0.15) is 0 Å². The van der Waals surface area contributed by atoms with Gasteiger partial charge in [0.1, 0.15) is 5.82 Å². The molecule has 1 aliphatic heterocycles. The molecule has 110 valence electrons. The molecule has 0 spiro atoms. The minimum atomic E-state index is -0.197. The quantitative estimate of drug-likeness (QED) is 0.875. The molecule has 6 heteroatoms. The fraction of sp³-hybridized carbons (Fsp3) is 0.333. The number of aromatic amines is 1. The summed E-state index contributed by atoms with van der Waals surface area (Å²) in [5, 5.41) is 0. The highest BCUT2D eigenvalue weighted by Gasteiger charge is 2.21. The molecule has 3 rings (SSSR count). The Morgan fingerprint density at radius 3 is 3.10 bits per heavy atom. The standard InChI is InChI=1S/C15H17FN4O/c1-9-10(3-2-4-12(9)16)7-20-6-5-13-11(8-20)14(21)19-15(17)18-13/h2-4H,5-8H2,1H3,(H3,17,18,19,21). The van der Waals surface area contributed by atoms with Crippen molar-refractivity contribution in [3.63, 3.8) is 0 Å². The molecule has 0 bridgehead atoms. The fourth-order valence-corrected chi connectivity index (χ4v) is 2.70. The Bertz CT molecular complexity index is 741. The van der Waals surface area contributed by atoms with Gasteiger partial charge in [0.15, 0.2) is 0 Å². The lowest BCUT2D eigenvalue weighted by atomic mass is 10.0. The maximum atomic E-state index is 13.6. The summed E-state index contributed by atoms with van der Waals surface area (Å²) in [5.41, 5.74) is 8.40. The van der Waals surface area contributed by atoms with Gasteiger partial charge in [-0.05, 0) is 24.1 Å². The van der Waals surface area contributed by atoms with E-state index in [1.807, 2.05) is 6.07 Å². The van der Waals surface area contributed by atoms with E-state index in [4.69, 9.17) is 5.73 Å². The molecule has 1 aliphatic rings. The van der Waals surface area contributed by atoms with Gasteiger partial charge in [-0.25, -0.2) is 9.37 Å². The second kappa shape index (κ2) is 5.29. The number of aromatic nitrogens is 2. The highest BCUT2D eigenvalue weighted by molar-refractivity contribution is 5.29. The van der Waals surface area contributed by atoms with Gasteiger partial charge >= 0.3 is 0 Å². The summed E-state index contributed by atoms with van der Waals surface area (Å²) in [6.45, 7) is 3.68. The third-order valence-electron chi connectivity index (χ3n) is 3.94. The minimum Gasteiger partial charge on any atom is -0.369 e. The molecule has 1 aromatic heterocycles. The first-order chi connectivity index (χ1) is 10.0. The predicted molar refractivity (Wildman–Crippen MR) is 78.2 cm³/mol. The van der Waals surface area contributed by atoms with E-state index in [-0.39, 0.29) is 17.3 Å². The van der Waals surface area contributed by atoms with Crippen molar-refractivity contribution >= 4 is 5.95 Å². The van der Waals surface area contributed by atoms with Crippen molar-refractivity contribution in [3.8, 4) is 0 Å². The summed E-state index contributed by atoms with van der Waals surface area (Å²) in [6, 6.07) is 5.09. The van der Waals surface area contributed by atoms with Crippen molar-refractivity contribution in [2.24, 2.45) is 0 Å². The van der Waals surface area contributed by atoms with Crippen molar-refractivity contribution < 1.29 is 4.39 Å². The van der Waals surface area contributed by atoms with E-state index in [1.165, 1.54) is 6.07 Å². The number of anilines is 1. The van der Waals surface area contributed by atoms with E-state index in [1.54, 1.807) is 13.0 Å². The Hall–Kier alpha value is -2.21. The van der Waals surface area contributed by atoms with Crippen LogP contribution in [0.25, 0.3) is 0 Å². The monoisotopic (exact) mass is 288 g/mol. The highest BCUT2D eigenvalue weighted by atomic mass is 19.1. The number of benzene rings is 1. The molecule has 0 aliphatic carbocycles. The van der Waals surface area contributed by atoms with Crippen LogP contribution in [-0.2, 0) is 19.5 Å². The molecule has 2 aromatic rings. The molecule has 0 amide bonds. The number of H-pyrrole nitrogens is 1. The third kappa shape index (κ3) is 2.67. The maximum Gasteiger partial charge on any atom is 0.257 e. The Morgan fingerprint density at radius 2 is 2.29 bits per heavy atom. The summed E-state index contributed by atoms with van der Waals surface area (Å²) >= 11 is 0. The summed E-state index contributed by atoms with van der Waals surface area (Å²) in [4.78, 5) is 20.8. The number of nitrogens with zero attached hydrogens (tertiary/aromatic N) is 2. The largest absolute Gasteiger partial charge is 0.369 e. The van der Waals surface area contributed by atoms with E-state index >= 15 is 0 Å². The van der Waals surface area contributed by atoms with Gasteiger partial charge in [-0.1, -0.05) is 12.1 Å². The Morgan fingerprint density at radius 1 is 1.48 bits per heavy atom. The maximum absolute atomic E-state index is 13.6. The van der Waals surface area contributed by atoms with Crippen LogP contribution in [0.2, 0.25) is 0 Å². The average molecular weight is 288 g/mol. The molecule has 0 atom stereocenters. The molecule has 0 radical (unpaired) electrons. The number of hydrogen-bond acceptors (Lipinski definition) is 4. The molecule has 21 heavy (non-hydrogen) atoms. The number of halogens is 1. The van der Waals surface area contributed by atoms with Crippen molar-refractivity contribution in [2.45, 2.75) is 26.4 Å². The topological polar surface area (TPSA) is 75.0 Å². The fourth-order valence-electron chi connectivity index (χ4n) is 2.70. The molecule has 0 saturated carbocycles. The average Bonchev–Trinajstić information content (AvgIpc) is 2.44. The van der Waals surface area contributed by atoms with Gasteiger partial charge in [0.2, 0.25) is 5.95 Å². The van der Waals surface area contributed by atoms with Crippen LogP contribution in [0, 0.1) is 12.7 Å². The molecule has 0 saturated heterocycles. The summed E-state index contributed by atoms with van der Waals surface area (Å²) in [5.74, 6) is -0.0367. The Kier molecular flexibility index (Phi) is 3.47. The first-order valence-electron chi connectivity index (χ1n) is 6.88. The van der Waals surface area contributed by atoms with Gasteiger partial charge in [-0.3, -0.25) is 14.7 Å². The van der Waals surface area contributed by atoms with Gasteiger partial charge in [0, 0.05) is 26.1 Å². The number of hydrogen-bond donors (Lipinski definition) is 2. The van der Waals surface area contributed by atoms with Crippen LogP contribution in [0.3, 0.4) is 0 Å². The lowest BCUT2D eigenvalue weighted by Gasteiger charge is -2.28. The van der Waals surface area contributed by atoms with Crippen molar-refractivity contribution in [2.75, 3.05) is 12.3 Å². The van der Waals surface area contributed by atoms with Crippen molar-refractivity contribution in [3.05, 3.63) is 56.8 Å². The van der Waals surface area contributed by atoms with Gasteiger partial charge in [0.05, 0.1) is 11.3 Å². The summed E-state index contributed by atoms with van der Waals surface area (Å²) < 4.78 is 13.6. The number of nitrogen functional groups attached to an aromatic ring is 1. The van der Waals surface area contributed by atoms with Crippen molar-refractivity contribution in [1.29, 1.82) is 0 Å². The molecular formula is C15H17FN4O. The lowest BCUT2D eigenvalue weighted by Crippen LogP contribution is -2.35. The van der Waals surface area contributed by atoms with Crippen LogP contribution >= 0.6 is 0 Å². The molecule has 0 unspecified atom stereocenters. The molecule has 0 fully saturated rings. The van der Waals surface area contributed by atoms with E-state index < -0.39 is 0 Å². The molecule has 5 nitrogen and oxygen atoms in total. The number of rotatable bonds is 2. The highest BCUT2D eigenvalue weighted by Crippen LogP contribution is 2.19. The number of nitrogens with two attached hydrogens (primary N) is 1. The molecular weight excluding hydrogens is 271 g/mol. The second-order valence-corrected chi connectivity index (χ2v) is 5.36. The predicted octanol–water partition coefficient (Wildman–Crippen LogP) is 1.36. The first-order valence-corrected chi connectivity index (χ1v) is 6.88. The second-order valence-electron chi connectivity index (χ2n) is 5.36. The van der Waals surface area contributed by atoms with Crippen LogP contribution in [0.5, 0.6) is 0 Å². The van der Waals surface area contributed by atoms with Gasteiger partial charge < -0.3 is 5.73 Å². The van der Waals surface area contributed by atoms with Crippen LogP contribution in [-0.4, -0.2) is 21.4 Å². The lowest BCUT2D eigenvalue weighted by molar-refractivity contribution is 0.241.